The van der Waals surface area contributed by atoms with Crippen molar-refractivity contribution in [3.63, 3.8) is 0 Å². The molecule has 0 aromatic heterocycles. The summed E-state index contributed by atoms with van der Waals surface area (Å²) in [4.78, 5) is 0. The molecule has 3 nitrogen and oxygen atoms in total. The summed E-state index contributed by atoms with van der Waals surface area (Å²) in [6, 6.07) is 4.93. The van der Waals surface area contributed by atoms with E-state index in [2.05, 4.69) is 11.3 Å². The first-order valence-corrected chi connectivity index (χ1v) is 5.25. The third-order valence-electron chi connectivity index (χ3n) is 2.06. The van der Waals surface area contributed by atoms with Crippen LogP contribution in [-0.2, 0) is 11.2 Å². The summed E-state index contributed by atoms with van der Waals surface area (Å²) in [7, 11) is 0. The number of alkyl halides is 3. The number of rotatable bonds is 6. The lowest BCUT2D eigenvalue weighted by Gasteiger charge is -2.12. The first-order valence-electron chi connectivity index (χ1n) is 5.25. The van der Waals surface area contributed by atoms with Crippen molar-refractivity contribution in [2.45, 2.75) is 12.8 Å². The number of benzene rings is 1. The SMILES string of the molecule is C=CCc1cc(N)ccc1OCCOC(F)(F)F. The van der Waals surface area contributed by atoms with Gasteiger partial charge in [0.05, 0.1) is 6.61 Å². The highest BCUT2D eigenvalue weighted by Gasteiger charge is 2.28. The fourth-order valence-electron chi connectivity index (χ4n) is 1.36. The van der Waals surface area contributed by atoms with E-state index in [9.17, 15) is 13.2 Å². The number of nitrogen functional groups attached to an aromatic ring is 1. The number of hydrogen-bond acceptors (Lipinski definition) is 3. The average molecular weight is 261 g/mol. The first-order chi connectivity index (χ1) is 8.42. The van der Waals surface area contributed by atoms with Crippen LogP contribution < -0.4 is 10.5 Å². The Bertz CT molecular complexity index is 405. The second-order valence-corrected chi connectivity index (χ2v) is 3.50. The maximum absolute atomic E-state index is 11.7. The molecule has 0 fully saturated rings. The summed E-state index contributed by atoms with van der Waals surface area (Å²) in [6.45, 7) is 2.84. The van der Waals surface area contributed by atoms with Crippen molar-refractivity contribution in [2.75, 3.05) is 18.9 Å². The molecule has 0 aliphatic carbocycles. The van der Waals surface area contributed by atoms with Gasteiger partial charge in [-0.2, -0.15) is 0 Å². The second-order valence-electron chi connectivity index (χ2n) is 3.50. The molecule has 100 valence electrons. The van der Waals surface area contributed by atoms with Gasteiger partial charge in [0.1, 0.15) is 12.4 Å². The lowest BCUT2D eigenvalue weighted by molar-refractivity contribution is -0.325. The number of allylic oxidation sites excluding steroid dienone is 1. The van der Waals surface area contributed by atoms with E-state index in [1.807, 2.05) is 0 Å². The van der Waals surface area contributed by atoms with Gasteiger partial charge in [0.25, 0.3) is 0 Å². The number of hydrogen-bond donors (Lipinski definition) is 1. The summed E-state index contributed by atoms with van der Waals surface area (Å²) >= 11 is 0. The third kappa shape index (κ3) is 5.09. The average Bonchev–Trinajstić information content (AvgIpc) is 2.26. The van der Waals surface area contributed by atoms with Crippen molar-refractivity contribution in [2.24, 2.45) is 0 Å². The summed E-state index contributed by atoms with van der Waals surface area (Å²) in [5, 5.41) is 0. The number of halogens is 3. The van der Waals surface area contributed by atoms with Gasteiger partial charge in [-0.05, 0) is 30.2 Å². The Morgan fingerprint density at radius 3 is 2.61 bits per heavy atom. The van der Waals surface area contributed by atoms with Crippen LogP contribution in [0.25, 0.3) is 0 Å². The van der Waals surface area contributed by atoms with Gasteiger partial charge in [-0.1, -0.05) is 6.08 Å². The minimum Gasteiger partial charge on any atom is -0.491 e. The van der Waals surface area contributed by atoms with E-state index in [0.717, 1.165) is 5.56 Å². The van der Waals surface area contributed by atoms with Crippen molar-refractivity contribution in [3.8, 4) is 5.75 Å². The summed E-state index contributed by atoms with van der Waals surface area (Å²) in [5.74, 6) is 0.481. The molecular formula is C12H14F3NO2. The molecule has 1 aromatic carbocycles. The molecule has 0 heterocycles. The minimum absolute atomic E-state index is 0.187. The summed E-state index contributed by atoms with van der Waals surface area (Å²) in [5.41, 5.74) is 6.94. The van der Waals surface area contributed by atoms with Crippen LogP contribution in [0.1, 0.15) is 5.56 Å². The van der Waals surface area contributed by atoms with E-state index in [1.54, 1.807) is 24.3 Å². The molecule has 18 heavy (non-hydrogen) atoms. The Balaban J connectivity index is 2.53. The zero-order chi connectivity index (χ0) is 13.6. The highest BCUT2D eigenvalue weighted by atomic mass is 19.4. The highest BCUT2D eigenvalue weighted by Crippen LogP contribution is 2.22. The van der Waals surface area contributed by atoms with Crippen molar-refractivity contribution < 1.29 is 22.6 Å². The molecule has 0 saturated heterocycles. The monoisotopic (exact) mass is 261 g/mol. The van der Waals surface area contributed by atoms with Gasteiger partial charge in [-0.25, -0.2) is 0 Å². The topological polar surface area (TPSA) is 44.5 Å². The van der Waals surface area contributed by atoms with Gasteiger partial charge >= 0.3 is 6.36 Å². The molecule has 0 atom stereocenters. The second kappa shape index (κ2) is 6.30. The van der Waals surface area contributed by atoms with E-state index in [0.29, 0.717) is 17.9 Å². The predicted molar refractivity (Wildman–Crippen MR) is 62.3 cm³/mol. The maximum Gasteiger partial charge on any atom is 0.522 e. The molecule has 1 rings (SSSR count). The number of anilines is 1. The Morgan fingerprint density at radius 2 is 2.00 bits per heavy atom. The van der Waals surface area contributed by atoms with Crippen LogP contribution in [0.4, 0.5) is 18.9 Å². The van der Waals surface area contributed by atoms with Crippen LogP contribution in [0.3, 0.4) is 0 Å². The van der Waals surface area contributed by atoms with Gasteiger partial charge in [0, 0.05) is 5.69 Å². The maximum atomic E-state index is 11.7. The van der Waals surface area contributed by atoms with Crippen molar-refractivity contribution in [1.82, 2.24) is 0 Å². The van der Waals surface area contributed by atoms with E-state index in [-0.39, 0.29) is 6.61 Å². The van der Waals surface area contributed by atoms with E-state index in [1.165, 1.54) is 0 Å². The Hall–Kier alpha value is -1.69. The molecule has 2 N–H and O–H groups in total. The predicted octanol–water partition coefficient (Wildman–Crippen LogP) is 2.91. The molecule has 0 unspecified atom stereocenters. The molecule has 0 amide bonds. The van der Waals surface area contributed by atoms with Gasteiger partial charge < -0.3 is 10.5 Å². The molecule has 0 spiro atoms. The van der Waals surface area contributed by atoms with Crippen molar-refractivity contribution in [3.05, 3.63) is 36.4 Å². The lowest BCUT2D eigenvalue weighted by Crippen LogP contribution is -2.18. The van der Waals surface area contributed by atoms with E-state index in [4.69, 9.17) is 10.5 Å². The van der Waals surface area contributed by atoms with Gasteiger partial charge in [-0.15, -0.1) is 19.8 Å². The molecule has 0 bridgehead atoms. The molecule has 0 aliphatic heterocycles. The van der Waals surface area contributed by atoms with Crippen LogP contribution in [0.15, 0.2) is 30.9 Å². The van der Waals surface area contributed by atoms with E-state index < -0.39 is 13.0 Å². The lowest BCUT2D eigenvalue weighted by atomic mass is 10.1. The van der Waals surface area contributed by atoms with Gasteiger partial charge in [0.15, 0.2) is 0 Å². The molecule has 6 heteroatoms. The third-order valence-corrected chi connectivity index (χ3v) is 2.06. The van der Waals surface area contributed by atoms with E-state index >= 15 is 0 Å². The van der Waals surface area contributed by atoms with Gasteiger partial charge in [0.2, 0.25) is 0 Å². The Morgan fingerprint density at radius 1 is 1.28 bits per heavy atom. The largest absolute Gasteiger partial charge is 0.522 e. The first kappa shape index (κ1) is 14.4. The molecule has 0 radical (unpaired) electrons. The number of ether oxygens (including phenoxy) is 2. The van der Waals surface area contributed by atoms with Gasteiger partial charge in [-0.3, -0.25) is 4.74 Å². The van der Waals surface area contributed by atoms with Crippen molar-refractivity contribution >= 4 is 5.69 Å². The number of nitrogens with two attached hydrogens (primary N) is 1. The summed E-state index contributed by atoms with van der Waals surface area (Å²) < 4.78 is 44.0. The minimum atomic E-state index is -4.63. The summed E-state index contributed by atoms with van der Waals surface area (Å²) in [6.07, 6.45) is -2.44. The Kier molecular flexibility index (Phi) is 5.03. The molecule has 0 aliphatic rings. The van der Waals surface area contributed by atoms with Crippen LogP contribution in [-0.4, -0.2) is 19.6 Å². The van der Waals surface area contributed by atoms with Crippen LogP contribution in [0, 0.1) is 0 Å². The molecule has 0 saturated carbocycles. The van der Waals surface area contributed by atoms with Crippen molar-refractivity contribution in [1.29, 1.82) is 0 Å². The standard InChI is InChI=1S/C12H14F3NO2/c1-2-3-9-8-10(16)4-5-11(9)17-6-7-18-12(13,14)15/h2,4-5,8H,1,3,6-7,16H2. The zero-order valence-corrected chi connectivity index (χ0v) is 9.67. The fourth-order valence-corrected chi connectivity index (χ4v) is 1.36. The van der Waals surface area contributed by atoms with Crippen LogP contribution in [0.2, 0.25) is 0 Å². The quantitative estimate of drug-likeness (QED) is 0.486. The van der Waals surface area contributed by atoms with Crippen LogP contribution in [0.5, 0.6) is 5.75 Å². The zero-order valence-electron chi connectivity index (χ0n) is 9.67. The smallest absolute Gasteiger partial charge is 0.491 e. The molecule has 1 aromatic rings. The molecular weight excluding hydrogens is 247 g/mol. The normalized spacial score (nSPS) is 11.3. The highest BCUT2D eigenvalue weighted by molar-refractivity contribution is 5.48. The fraction of sp³-hybridized carbons (Fsp3) is 0.333. The Labute approximate surface area is 103 Å². The van der Waals surface area contributed by atoms with Crippen LogP contribution >= 0.6 is 0 Å².